The number of thioether (sulfide) groups is 1. The lowest BCUT2D eigenvalue weighted by Gasteiger charge is -1.98. The van der Waals surface area contributed by atoms with E-state index in [-0.39, 0.29) is 5.12 Å². The first-order chi connectivity index (χ1) is 7.22. The molecule has 1 rings (SSSR count). The van der Waals surface area contributed by atoms with Gasteiger partial charge in [-0.15, -0.1) is 0 Å². The summed E-state index contributed by atoms with van der Waals surface area (Å²) in [5.74, 6) is 6.51. The van der Waals surface area contributed by atoms with Crippen LogP contribution in [0.1, 0.15) is 12.6 Å². The summed E-state index contributed by atoms with van der Waals surface area (Å²) in [6, 6.07) is 5.51. The van der Waals surface area contributed by atoms with Crippen LogP contribution in [0.5, 0.6) is 0 Å². The topological polar surface area (TPSA) is 68.0 Å². The number of nitrogens with two attached hydrogens (primary N) is 1. The van der Waals surface area contributed by atoms with E-state index in [4.69, 9.17) is 5.84 Å². The molecule has 1 heterocycles. The summed E-state index contributed by atoms with van der Waals surface area (Å²) in [5, 5.41) is 0.116. The van der Waals surface area contributed by atoms with Gasteiger partial charge in [0.15, 0.2) is 5.12 Å². The zero-order valence-corrected chi connectivity index (χ0v) is 9.25. The molecule has 3 N–H and O–H groups in total. The van der Waals surface area contributed by atoms with Crippen LogP contribution in [-0.4, -0.2) is 15.9 Å². The van der Waals surface area contributed by atoms with Gasteiger partial charge in [0.05, 0.1) is 5.69 Å². The van der Waals surface area contributed by atoms with Gasteiger partial charge in [0.2, 0.25) is 0 Å². The van der Waals surface area contributed by atoms with Crippen LogP contribution in [0.15, 0.2) is 24.3 Å². The SMILES string of the molecule is CC(=O)SCC=Cc1cccc(NN)n1. The van der Waals surface area contributed by atoms with Crippen molar-refractivity contribution in [3.63, 3.8) is 0 Å². The van der Waals surface area contributed by atoms with Gasteiger partial charge in [0.1, 0.15) is 5.82 Å². The number of nitrogens with zero attached hydrogens (tertiary/aromatic N) is 1. The Bertz CT molecular complexity index is 365. The number of carbonyl (C=O) groups is 1. The van der Waals surface area contributed by atoms with Crippen LogP contribution in [0.25, 0.3) is 6.08 Å². The lowest BCUT2D eigenvalue weighted by Crippen LogP contribution is -2.08. The number of carbonyl (C=O) groups excluding carboxylic acids is 1. The molecule has 0 amide bonds. The molecule has 0 unspecified atom stereocenters. The van der Waals surface area contributed by atoms with E-state index >= 15 is 0 Å². The Labute approximate surface area is 92.9 Å². The molecule has 1 aromatic rings. The third kappa shape index (κ3) is 4.62. The van der Waals surface area contributed by atoms with E-state index in [0.29, 0.717) is 11.6 Å². The molecule has 0 bridgehead atoms. The van der Waals surface area contributed by atoms with Crippen LogP contribution < -0.4 is 11.3 Å². The molecule has 80 valence electrons. The fourth-order valence-corrected chi connectivity index (χ4v) is 1.39. The van der Waals surface area contributed by atoms with Crippen molar-refractivity contribution < 1.29 is 4.79 Å². The van der Waals surface area contributed by atoms with Gasteiger partial charge in [0.25, 0.3) is 0 Å². The predicted octanol–water partition coefficient (Wildman–Crippen LogP) is 1.66. The van der Waals surface area contributed by atoms with Crippen LogP contribution in [0.2, 0.25) is 0 Å². The van der Waals surface area contributed by atoms with Crippen molar-refractivity contribution >= 4 is 28.8 Å². The number of anilines is 1. The van der Waals surface area contributed by atoms with Gasteiger partial charge in [-0.1, -0.05) is 23.9 Å². The molecule has 4 nitrogen and oxygen atoms in total. The van der Waals surface area contributed by atoms with E-state index in [1.54, 1.807) is 13.0 Å². The van der Waals surface area contributed by atoms with E-state index in [2.05, 4.69) is 10.4 Å². The Kier molecular flexibility index (Phi) is 4.86. The van der Waals surface area contributed by atoms with Crippen LogP contribution in [0.4, 0.5) is 5.82 Å². The number of nitrogen functional groups attached to an aromatic ring is 1. The molecule has 1 aromatic heterocycles. The molecule has 0 saturated heterocycles. The van der Waals surface area contributed by atoms with Gasteiger partial charge >= 0.3 is 0 Å². The van der Waals surface area contributed by atoms with Crippen LogP contribution in [0, 0.1) is 0 Å². The minimum Gasteiger partial charge on any atom is -0.308 e. The largest absolute Gasteiger partial charge is 0.308 e. The van der Waals surface area contributed by atoms with E-state index in [1.165, 1.54) is 11.8 Å². The second-order valence-corrected chi connectivity index (χ2v) is 3.99. The molecule has 15 heavy (non-hydrogen) atoms. The van der Waals surface area contributed by atoms with E-state index in [0.717, 1.165) is 5.69 Å². The number of aromatic nitrogens is 1. The second kappa shape index (κ2) is 6.21. The number of hydrogen-bond donors (Lipinski definition) is 2. The minimum atomic E-state index is 0.116. The highest BCUT2D eigenvalue weighted by Gasteiger charge is 1.92. The average Bonchev–Trinajstić information content (AvgIpc) is 2.24. The smallest absolute Gasteiger partial charge is 0.186 e. The van der Waals surface area contributed by atoms with Gasteiger partial charge in [0, 0.05) is 12.7 Å². The van der Waals surface area contributed by atoms with Gasteiger partial charge in [-0.3, -0.25) is 4.79 Å². The molecule has 0 spiro atoms. The number of hydrazine groups is 1. The predicted molar refractivity (Wildman–Crippen MR) is 64.2 cm³/mol. The van der Waals surface area contributed by atoms with Crippen molar-refractivity contribution in [3.05, 3.63) is 30.0 Å². The summed E-state index contributed by atoms with van der Waals surface area (Å²) in [6.45, 7) is 1.55. The Hall–Kier alpha value is -1.33. The maximum Gasteiger partial charge on any atom is 0.186 e. The van der Waals surface area contributed by atoms with E-state index in [1.807, 2.05) is 24.3 Å². The third-order valence-corrected chi connectivity index (χ3v) is 2.36. The third-order valence-electron chi connectivity index (χ3n) is 1.59. The van der Waals surface area contributed by atoms with E-state index < -0.39 is 0 Å². The monoisotopic (exact) mass is 223 g/mol. The van der Waals surface area contributed by atoms with Gasteiger partial charge < -0.3 is 5.43 Å². The van der Waals surface area contributed by atoms with Crippen molar-refractivity contribution in [2.24, 2.45) is 5.84 Å². The first-order valence-electron chi connectivity index (χ1n) is 4.46. The molecular weight excluding hydrogens is 210 g/mol. The summed E-state index contributed by atoms with van der Waals surface area (Å²) in [6.07, 6.45) is 3.76. The lowest BCUT2D eigenvalue weighted by molar-refractivity contribution is -0.109. The summed E-state index contributed by atoms with van der Waals surface area (Å²) < 4.78 is 0. The van der Waals surface area contributed by atoms with Crippen molar-refractivity contribution in [2.45, 2.75) is 6.92 Å². The van der Waals surface area contributed by atoms with Crippen LogP contribution in [0.3, 0.4) is 0 Å². The van der Waals surface area contributed by atoms with Crippen LogP contribution >= 0.6 is 11.8 Å². The minimum absolute atomic E-state index is 0.116. The van der Waals surface area contributed by atoms with Crippen LogP contribution in [-0.2, 0) is 4.79 Å². The summed E-state index contributed by atoms with van der Waals surface area (Å²) in [7, 11) is 0. The molecule has 5 heteroatoms. The number of pyridine rings is 1. The Balaban J connectivity index is 2.52. The number of hydrogen-bond acceptors (Lipinski definition) is 5. The first kappa shape index (κ1) is 11.7. The fraction of sp³-hybridized carbons (Fsp3) is 0.200. The van der Waals surface area contributed by atoms with Gasteiger partial charge in [-0.25, -0.2) is 10.8 Å². The van der Waals surface area contributed by atoms with E-state index in [9.17, 15) is 4.79 Å². The molecular formula is C10H13N3OS. The average molecular weight is 223 g/mol. The number of rotatable bonds is 4. The highest BCUT2D eigenvalue weighted by atomic mass is 32.2. The van der Waals surface area contributed by atoms with Gasteiger partial charge in [-0.05, 0) is 18.2 Å². The fourth-order valence-electron chi connectivity index (χ4n) is 0.959. The summed E-state index contributed by atoms with van der Waals surface area (Å²) in [4.78, 5) is 14.8. The molecule has 0 aliphatic heterocycles. The molecule has 0 saturated carbocycles. The zero-order valence-electron chi connectivity index (χ0n) is 8.43. The summed E-state index contributed by atoms with van der Waals surface area (Å²) >= 11 is 1.27. The molecule has 0 aliphatic carbocycles. The molecule has 0 aromatic carbocycles. The maximum atomic E-state index is 10.6. The molecule has 0 radical (unpaired) electrons. The van der Waals surface area contributed by atoms with Gasteiger partial charge in [-0.2, -0.15) is 0 Å². The normalized spacial score (nSPS) is 10.5. The van der Waals surface area contributed by atoms with Crippen molar-refractivity contribution in [1.82, 2.24) is 4.98 Å². The molecule has 0 aliphatic rings. The lowest BCUT2D eigenvalue weighted by atomic mass is 10.3. The van der Waals surface area contributed by atoms with Crippen molar-refractivity contribution in [1.29, 1.82) is 0 Å². The molecule has 0 fully saturated rings. The standard InChI is InChI=1S/C10H13N3OS/c1-8(14)15-7-3-5-9-4-2-6-10(12-9)13-11/h2-6H,7,11H2,1H3,(H,12,13). The Morgan fingerprint density at radius 2 is 2.47 bits per heavy atom. The van der Waals surface area contributed by atoms with Crippen molar-refractivity contribution in [2.75, 3.05) is 11.2 Å². The maximum absolute atomic E-state index is 10.6. The number of nitrogens with one attached hydrogen (secondary N) is 1. The second-order valence-electron chi connectivity index (χ2n) is 2.80. The summed E-state index contributed by atoms with van der Waals surface area (Å²) in [5.41, 5.74) is 3.29. The highest BCUT2D eigenvalue weighted by Crippen LogP contribution is 2.06. The quantitative estimate of drug-likeness (QED) is 0.600. The van der Waals surface area contributed by atoms with Crippen molar-refractivity contribution in [3.8, 4) is 0 Å². The Morgan fingerprint density at radius 1 is 1.67 bits per heavy atom. The first-order valence-corrected chi connectivity index (χ1v) is 5.44. The Morgan fingerprint density at radius 3 is 3.13 bits per heavy atom. The highest BCUT2D eigenvalue weighted by molar-refractivity contribution is 8.13. The zero-order chi connectivity index (χ0) is 11.1. The molecule has 0 atom stereocenters.